The fourth-order valence-electron chi connectivity index (χ4n) is 1.60. The standard InChI is InChI=1S/C14H12ClNO3/c1-8-6-10(3-4-12(8)17)19-13-5-2-9(15)7-11(13)14(16)18/h2-7,17H,1H3,(H2,16,18). The summed E-state index contributed by atoms with van der Waals surface area (Å²) in [5, 5.41) is 9.85. The molecule has 0 aromatic heterocycles. The molecule has 2 aromatic carbocycles. The summed E-state index contributed by atoms with van der Waals surface area (Å²) in [6.07, 6.45) is 0. The van der Waals surface area contributed by atoms with Crippen molar-refractivity contribution in [3.8, 4) is 17.2 Å². The van der Waals surface area contributed by atoms with Crippen molar-refractivity contribution in [2.45, 2.75) is 6.92 Å². The topological polar surface area (TPSA) is 72.5 Å². The second-order valence-electron chi connectivity index (χ2n) is 4.06. The third kappa shape index (κ3) is 2.98. The molecule has 0 spiro atoms. The molecule has 0 aliphatic heterocycles. The average Bonchev–Trinajstić information content (AvgIpc) is 2.36. The molecule has 2 rings (SSSR count). The number of phenols is 1. The summed E-state index contributed by atoms with van der Waals surface area (Å²) >= 11 is 5.81. The van der Waals surface area contributed by atoms with Gasteiger partial charge in [-0.25, -0.2) is 0 Å². The number of carbonyl (C=O) groups excluding carboxylic acids is 1. The first kappa shape index (κ1) is 13.2. The third-order valence-corrected chi connectivity index (χ3v) is 2.84. The molecule has 98 valence electrons. The van der Waals surface area contributed by atoms with Crippen LogP contribution in [0.1, 0.15) is 15.9 Å². The van der Waals surface area contributed by atoms with E-state index in [1.165, 1.54) is 12.1 Å². The van der Waals surface area contributed by atoms with Crippen LogP contribution in [0.5, 0.6) is 17.2 Å². The van der Waals surface area contributed by atoms with E-state index in [1.807, 2.05) is 0 Å². The summed E-state index contributed by atoms with van der Waals surface area (Å²) in [6, 6.07) is 9.41. The lowest BCUT2D eigenvalue weighted by Gasteiger charge is -2.10. The molecule has 0 saturated heterocycles. The molecule has 1 amide bonds. The molecule has 0 fully saturated rings. The Kier molecular flexibility index (Phi) is 3.62. The van der Waals surface area contributed by atoms with Gasteiger partial charge < -0.3 is 15.6 Å². The molecule has 0 aliphatic carbocycles. The number of benzene rings is 2. The lowest BCUT2D eigenvalue weighted by Crippen LogP contribution is -2.12. The van der Waals surface area contributed by atoms with Crippen molar-refractivity contribution < 1.29 is 14.6 Å². The number of halogens is 1. The minimum Gasteiger partial charge on any atom is -0.508 e. The summed E-state index contributed by atoms with van der Waals surface area (Å²) in [5.41, 5.74) is 6.15. The van der Waals surface area contributed by atoms with Crippen LogP contribution >= 0.6 is 11.6 Å². The van der Waals surface area contributed by atoms with Crippen LogP contribution in [0.25, 0.3) is 0 Å². The second kappa shape index (κ2) is 5.20. The fraction of sp³-hybridized carbons (Fsp3) is 0.0714. The first-order valence-electron chi connectivity index (χ1n) is 5.54. The lowest BCUT2D eigenvalue weighted by atomic mass is 10.2. The van der Waals surface area contributed by atoms with Gasteiger partial charge in [0.25, 0.3) is 5.91 Å². The second-order valence-corrected chi connectivity index (χ2v) is 4.49. The zero-order chi connectivity index (χ0) is 14.0. The lowest BCUT2D eigenvalue weighted by molar-refractivity contribution is 0.0998. The summed E-state index contributed by atoms with van der Waals surface area (Å²) in [6.45, 7) is 1.75. The zero-order valence-corrected chi connectivity index (χ0v) is 10.9. The van der Waals surface area contributed by atoms with Crippen molar-refractivity contribution in [1.29, 1.82) is 0 Å². The highest BCUT2D eigenvalue weighted by atomic mass is 35.5. The zero-order valence-electron chi connectivity index (χ0n) is 10.2. The van der Waals surface area contributed by atoms with Crippen molar-refractivity contribution in [3.63, 3.8) is 0 Å². The van der Waals surface area contributed by atoms with Gasteiger partial charge in [0.2, 0.25) is 0 Å². The number of carbonyl (C=O) groups is 1. The predicted octanol–water partition coefficient (Wildman–Crippen LogP) is 3.25. The van der Waals surface area contributed by atoms with Crippen LogP contribution in [0, 0.1) is 6.92 Å². The number of ether oxygens (including phenoxy) is 1. The Morgan fingerprint density at radius 3 is 2.63 bits per heavy atom. The minimum atomic E-state index is -0.618. The van der Waals surface area contributed by atoms with Gasteiger partial charge in [-0.3, -0.25) is 4.79 Å². The summed E-state index contributed by atoms with van der Waals surface area (Å²) in [5.74, 6) is 0.383. The van der Waals surface area contributed by atoms with E-state index in [4.69, 9.17) is 22.1 Å². The molecule has 0 heterocycles. The molecule has 3 N–H and O–H groups in total. The molecule has 0 saturated carbocycles. The molecule has 0 atom stereocenters. The highest BCUT2D eigenvalue weighted by Gasteiger charge is 2.11. The van der Waals surface area contributed by atoms with E-state index in [0.29, 0.717) is 22.1 Å². The van der Waals surface area contributed by atoms with Gasteiger partial charge in [0.15, 0.2) is 0 Å². The van der Waals surface area contributed by atoms with Crippen molar-refractivity contribution >= 4 is 17.5 Å². The average molecular weight is 278 g/mol. The van der Waals surface area contributed by atoms with Gasteiger partial charge in [-0.05, 0) is 48.9 Å². The Balaban J connectivity index is 2.37. The Hall–Kier alpha value is -2.20. The Labute approximate surface area is 115 Å². The molecule has 19 heavy (non-hydrogen) atoms. The maximum atomic E-state index is 11.3. The van der Waals surface area contributed by atoms with Crippen molar-refractivity contribution in [2.75, 3.05) is 0 Å². The highest BCUT2D eigenvalue weighted by molar-refractivity contribution is 6.31. The van der Waals surface area contributed by atoms with Gasteiger partial charge in [0, 0.05) is 5.02 Å². The molecule has 2 aromatic rings. The number of hydrogen-bond donors (Lipinski definition) is 2. The van der Waals surface area contributed by atoms with Gasteiger partial charge in [-0.2, -0.15) is 0 Å². The Morgan fingerprint density at radius 2 is 2.00 bits per heavy atom. The van der Waals surface area contributed by atoms with Gasteiger partial charge >= 0.3 is 0 Å². The van der Waals surface area contributed by atoms with E-state index in [1.54, 1.807) is 31.2 Å². The van der Waals surface area contributed by atoms with Crippen LogP contribution in [-0.4, -0.2) is 11.0 Å². The number of amides is 1. The van der Waals surface area contributed by atoms with E-state index in [0.717, 1.165) is 0 Å². The Morgan fingerprint density at radius 1 is 1.26 bits per heavy atom. The quantitative estimate of drug-likeness (QED) is 0.904. The van der Waals surface area contributed by atoms with Gasteiger partial charge in [0.1, 0.15) is 17.2 Å². The van der Waals surface area contributed by atoms with Crippen LogP contribution in [0.2, 0.25) is 5.02 Å². The van der Waals surface area contributed by atoms with E-state index >= 15 is 0 Å². The number of rotatable bonds is 3. The van der Waals surface area contributed by atoms with Crippen LogP contribution in [0.15, 0.2) is 36.4 Å². The van der Waals surface area contributed by atoms with Crippen molar-refractivity contribution in [1.82, 2.24) is 0 Å². The largest absolute Gasteiger partial charge is 0.508 e. The Bertz CT molecular complexity index is 641. The highest BCUT2D eigenvalue weighted by Crippen LogP contribution is 2.30. The first-order valence-corrected chi connectivity index (χ1v) is 5.92. The van der Waals surface area contributed by atoms with Crippen LogP contribution in [0.4, 0.5) is 0 Å². The third-order valence-electron chi connectivity index (χ3n) is 2.60. The van der Waals surface area contributed by atoms with E-state index in [-0.39, 0.29) is 11.3 Å². The van der Waals surface area contributed by atoms with E-state index < -0.39 is 5.91 Å². The fourth-order valence-corrected chi connectivity index (χ4v) is 1.77. The van der Waals surface area contributed by atoms with Gasteiger partial charge in [-0.1, -0.05) is 11.6 Å². The normalized spacial score (nSPS) is 10.2. The number of hydrogen-bond acceptors (Lipinski definition) is 3. The molecule has 0 bridgehead atoms. The molecular weight excluding hydrogens is 266 g/mol. The molecule has 0 unspecified atom stereocenters. The van der Waals surface area contributed by atoms with Gasteiger partial charge in [0.05, 0.1) is 5.56 Å². The molecule has 5 heteroatoms. The predicted molar refractivity (Wildman–Crippen MR) is 72.9 cm³/mol. The number of aromatic hydroxyl groups is 1. The monoisotopic (exact) mass is 277 g/mol. The molecular formula is C14H12ClNO3. The summed E-state index contributed by atoms with van der Waals surface area (Å²) in [4.78, 5) is 11.3. The number of aryl methyl sites for hydroxylation is 1. The number of nitrogens with two attached hydrogens (primary N) is 1. The van der Waals surface area contributed by atoms with E-state index in [2.05, 4.69) is 0 Å². The van der Waals surface area contributed by atoms with Crippen molar-refractivity contribution in [3.05, 3.63) is 52.5 Å². The first-order chi connectivity index (χ1) is 8.97. The minimum absolute atomic E-state index is 0.179. The van der Waals surface area contributed by atoms with Crippen molar-refractivity contribution in [2.24, 2.45) is 5.73 Å². The van der Waals surface area contributed by atoms with Crippen LogP contribution < -0.4 is 10.5 Å². The summed E-state index contributed by atoms with van der Waals surface area (Å²) < 4.78 is 5.59. The molecule has 4 nitrogen and oxygen atoms in total. The van der Waals surface area contributed by atoms with Gasteiger partial charge in [-0.15, -0.1) is 0 Å². The SMILES string of the molecule is Cc1cc(Oc2ccc(Cl)cc2C(N)=O)ccc1O. The van der Waals surface area contributed by atoms with E-state index in [9.17, 15) is 9.90 Å². The smallest absolute Gasteiger partial charge is 0.252 e. The van der Waals surface area contributed by atoms with Crippen LogP contribution in [-0.2, 0) is 0 Å². The summed E-state index contributed by atoms with van der Waals surface area (Å²) in [7, 11) is 0. The van der Waals surface area contributed by atoms with Crippen LogP contribution in [0.3, 0.4) is 0 Å². The molecule has 0 aliphatic rings. The molecule has 0 radical (unpaired) electrons. The maximum absolute atomic E-state index is 11.3. The number of phenolic OH excluding ortho intramolecular Hbond substituents is 1. The number of primary amides is 1. The maximum Gasteiger partial charge on any atom is 0.252 e.